The van der Waals surface area contributed by atoms with E-state index in [1.807, 2.05) is 18.2 Å². The molecule has 5 nitrogen and oxygen atoms in total. The zero-order chi connectivity index (χ0) is 13.6. The summed E-state index contributed by atoms with van der Waals surface area (Å²) in [5.41, 5.74) is 0.178. The topological polar surface area (TPSA) is 68.3 Å². The second kappa shape index (κ2) is 3.93. The molecule has 5 heteroatoms. The summed E-state index contributed by atoms with van der Waals surface area (Å²) in [5.74, 6) is 0. The molecule has 0 atom stereocenters. The minimum Gasteiger partial charge on any atom is -0.448 e. The molecule has 2 aromatic heterocycles. The molecule has 0 radical (unpaired) electrons. The van der Waals surface area contributed by atoms with Crippen molar-refractivity contribution in [3.05, 3.63) is 40.9 Å². The van der Waals surface area contributed by atoms with Crippen LogP contribution in [0.5, 0.6) is 0 Å². The Morgan fingerprint density at radius 2 is 2.11 bits per heavy atom. The number of aliphatic hydroxyl groups is 1. The molecule has 0 unspecified atom stereocenters. The van der Waals surface area contributed by atoms with E-state index in [2.05, 4.69) is 4.98 Å². The quantitative estimate of drug-likeness (QED) is 0.762. The summed E-state index contributed by atoms with van der Waals surface area (Å²) in [6.07, 6.45) is 1.45. The van der Waals surface area contributed by atoms with Gasteiger partial charge in [-0.25, -0.2) is 4.98 Å². The van der Waals surface area contributed by atoms with Gasteiger partial charge in [-0.05, 0) is 26.0 Å². The number of aromatic nitrogens is 2. The Kier molecular flexibility index (Phi) is 2.46. The molecule has 0 aliphatic heterocycles. The number of para-hydroxylation sites is 1. The van der Waals surface area contributed by atoms with Crippen molar-refractivity contribution in [2.75, 3.05) is 0 Å². The maximum absolute atomic E-state index is 12.3. The molecule has 0 aliphatic rings. The number of furan rings is 1. The van der Waals surface area contributed by atoms with Gasteiger partial charge < -0.3 is 9.52 Å². The van der Waals surface area contributed by atoms with Crippen LogP contribution in [-0.2, 0) is 6.54 Å². The molecule has 3 aromatic rings. The van der Waals surface area contributed by atoms with Crippen molar-refractivity contribution in [1.82, 2.24) is 9.55 Å². The van der Waals surface area contributed by atoms with Crippen LogP contribution >= 0.6 is 0 Å². The molecule has 0 fully saturated rings. The van der Waals surface area contributed by atoms with Gasteiger partial charge in [-0.1, -0.05) is 12.1 Å². The van der Waals surface area contributed by atoms with E-state index >= 15 is 0 Å². The van der Waals surface area contributed by atoms with Crippen molar-refractivity contribution in [3.8, 4) is 0 Å². The van der Waals surface area contributed by atoms with E-state index in [9.17, 15) is 9.90 Å². The predicted molar refractivity (Wildman–Crippen MR) is 72.1 cm³/mol. The van der Waals surface area contributed by atoms with Gasteiger partial charge in [0.05, 0.1) is 18.5 Å². The highest BCUT2D eigenvalue weighted by Gasteiger charge is 2.18. The van der Waals surface area contributed by atoms with Crippen LogP contribution < -0.4 is 5.56 Å². The fraction of sp³-hybridized carbons (Fsp3) is 0.286. The first-order chi connectivity index (χ1) is 8.96. The summed E-state index contributed by atoms with van der Waals surface area (Å²) in [6, 6.07) is 7.39. The van der Waals surface area contributed by atoms with E-state index in [4.69, 9.17) is 4.42 Å². The third kappa shape index (κ3) is 2.02. The average Bonchev–Trinajstić information content (AvgIpc) is 2.71. The van der Waals surface area contributed by atoms with Crippen LogP contribution in [0, 0.1) is 0 Å². The van der Waals surface area contributed by atoms with Gasteiger partial charge in [0, 0.05) is 5.39 Å². The van der Waals surface area contributed by atoms with Crippen LogP contribution in [0.4, 0.5) is 0 Å². The minimum atomic E-state index is -0.981. The minimum absolute atomic E-state index is 0.172. The molecule has 3 rings (SSSR count). The highest BCUT2D eigenvalue weighted by atomic mass is 16.3. The van der Waals surface area contributed by atoms with E-state index in [0.29, 0.717) is 11.1 Å². The van der Waals surface area contributed by atoms with Crippen molar-refractivity contribution in [3.63, 3.8) is 0 Å². The van der Waals surface area contributed by atoms with Crippen LogP contribution in [0.1, 0.15) is 13.8 Å². The van der Waals surface area contributed by atoms with Crippen LogP contribution in [0.15, 0.2) is 39.8 Å². The Morgan fingerprint density at radius 3 is 2.84 bits per heavy atom. The fourth-order valence-corrected chi connectivity index (χ4v) is 2.14. The lowest BCUT2D eigenvalue weighted by Crippen LogP contribution is -2.32. The molecule has 0 bridgehead atoms. The van der Waals surface area contributed by atoms with Crippen molar-refractivity contribution in [1.29, 1.82) is 0 Å². The van der Waals surface area contributed by atoms with Gasteiger partial charge in [0.15, 0.2) is 0 Å². The van der Waals surface area contributed by atoms with Crippen LogP contribution in [0.3, 0.4) is 0 Å². The predicted octanol–water partition coefficient (Wildman–Crippen LogP) is 1.91. The highest BCUT2D eigenvalue weighted by Crippen LogP contribution is 2.24. The Balaban J connectivity index is 2.28. The molecule has 98 valence electrons. The van der Waals surface area contributed by atoms with E-state index in [0.717, 1.165) is 5.39 Å². The van der Waals surface area contributed by atoms with Gasteiger partial charge in [0.2, 0.25) is 5.58 Å². The van der Waals surface area contributed by atoms with Gasteiger partial charge in [0.25, 0.3) is 5.56 Å². The number of nitrogens with zero attached hydrogens (tertiary/aromatic N) is 2. The van der Waals surface area contributed by atoms with Crippen molar-refractivity contribution in [2.45, 2.75) is 26.0 Å². The van der Waals surface area contributed by atoms with Crippen molar-refractivity contribution in [2.24, 2.45) is 0 Å². The molecule has 2 heterocycles. The maximum atomic E-state index is 12.3. The molecular formula is C14H14N2O3. The second-order valence-electron chi connectivity index (χ2n) is 5.27. The molecule has 1 N–H and O–H groups in total. The first kappa shape index (κ1) is 11.9. The number of hydrogen-bond donors (Lipinski definition) is 1. The van der Waals surface area contributed by atoms with Gasteiger partial charge in [-0.2, -0.15) is 0 Å². The average molecular weight is 258 g/mol. The van der Waals surface area contributed by atoms with Crippen LogP contribution in [-0.4, -0.2) is 20.3 Å². The van der Waals surface area contributed by atoms with E-state index < -0.39 is 5.60 Å². The molecular weight excluding hydrogens is 244 g/mol. The van der Waals surface area contributed by atoms with Crippen molar-refractivity contribution >= 4 is 22.1 Å². The van der Waals surface area contributed by atoms with Crippen molar-refractivity contribution < 1.29 is 9.52 Å². The molecule has 0 saturated heterocycles. The lowest BCUT2D eigenvalue weighted by Gasteiger charge is -2.17. The summed E-state index contributed by atoms with van der Waals surface area (Å²) < 4.78 is 6.93. The Hall–Kier alpha value is -2.14. The largest absolute Gasteiger partial charge is 0.448 e. The molecule has 0 amide bonds. The normalized spacial score (nSPS) is 12.4. The van der Waals surface area contributed by atoms with Gasteiger partial charge in [-0.15, -0.1) is 0 Å². The number of hydrogen-bond acceptors (Lipinski definition) is 4. The number of benzene rings is 1. The lowest BCUT2D eigenvalue weighted by molar-refractivity contribution is 0.0602. The summed E-state index contributed by atoms with van der Waals surface area (Å²) in [6.45, 7) is 3.45. The van der Waals surface area contributed by atoms with Gasteiger partial charge in [0.1, 0.15) is 11.1 Å². The van der Waals surface area contributed by atoms with Gasteiger partial charge >= 0.3 is 0 Å². The van der Waals surface area contributed by atoms with Crippen LogP contribution in [0.25, 0.3) is 22.1 Å². The van der Waals surface area contributed by atoms with E-state index in [1.54, 1.807) is 19.9 Å². The molecule has 1 aromatic carbocycles. The fourth-order valence-electron chi connectivity index (χ4n) is 2.14. The number of fused-ring (bicyclic) bond motifs is 3. The summed E-state index contributed by atoms with van der Waals surface area (Å²) in [4.78, 5) is 16.6. The zero-order valence-electron chi connectivity index (χ0n) is 10.8. The molecule has 0 spiro atoms. The van der Waals surface area contributed by atoms with Gasteiger partial charge in [-0.3, -0.25) is 9.36 Å². The molecule has 0 aliphatic carbocycles. The number of rotatable bonds is 2. The smallest absolute Gasteiger partial charge is 0.297 e. The zero-order valence-corrected chi connectivity index (χ0v) is 10.8. The van der Waals surface area contributed by atoms with E-state index in [-0.39, 0.29) is 17.7 Å². The lowest BCUT2D eigenvalue weighted by atomic mass is 10.1. The summed E-state index contributed by atoms with van der Waals surface area (Å²) in [7, 11) is 0. The molecule has 0 saturated carbocycles. The summed E-state index contributed by atoms with van der Waals surface area (Å²) >= 11 is 0. The third-order valence-corrected chi connectivity index (χ3v) is 2.91. The second-order valence-corrected chi connectivity index (χ2v) is 5.27. The Labute approximate surface area is 109 Å². The van der Waals surface area contributed by atoms with Crippen LogP contribution in [0.2, 0.25) is 0 Å². The monoisotopic (exact) mass is 258 g/mol. The van der Waals surface area contributed by atoms with E-state index in [1.165, 1.54) is 10.9 Å². The summed E-state index contributed by atoms with van der Waals surface area (Å²) in [5, 5.41) is 10.6. The first-order valence-corrected chi connectivity index (χ1v) is 6.05. The third-order valence-electron chi connectivity index (χ3n) is 2.91. The Morgan fingerprint density at radius 1 is 1.37 bits per heavy atom. The molecule has 19 heavy (non-hydrogen) atoms. The first-order valence-electron chi connectivity index (χ1n) is 6.05. The SMILES string of the molecule is CC(C)(O)Cn1cnc2c(oc3ccccc32)c1=O. The Bertz CT molecular complexity index is 809. The highest BCUT2D eigenvalue weighted by molar-refractivity contribution is 6.01. The standard InChI is InChI=1S/C14H14N2O3/c1-14(2,18)7-16-8-15-11-9-5-3-4-6-10(9)19-12(11)13(16)17/h3-6,8,18H,7H2,1-2H3. The maximum Gasteiger partial charge on any atom is 0.297 e.